The third-order valence-electron chi connectivity index (χ3n) is 3.55. The average Bonchev–Trinajstić information content (AvgIpc) is 3.38. The first-order valence-electron chi connectivity index (χ1n) is 7.16. The third kappa shape index (κ3) is 3.08. The predicted molar refractivity (Wildman–Crippen MR) is 83.1 cm³/mol. The number of hydrogen-bond donors (Lipinski definition) is 3. The van der Waals surface area contributed by atoms with Gasteiger partial charge in [-0.3, -0.25) is 15.6 Å². The van der Waals surface area contributed by atoms with Gasteiger partial charge >= 0.3 is 0 Å². The summed E-state index contributed by atoms with van der Waals surface area (Å²) in [6, 6.07) is 4.96. The van der Waals surface area contributed by atoms with Crippen molar-refractivity contribution in [2.45, 2.75) is 12.8 Å². The van der Waals surface area contributed by atoms with E-state index in [1.54, 1.807) is 18.2 Å². The predicted octanol–water partition coefficient (Wildman–Crippen LogP) is 1.28. The van der Waals surface area contributed by atoms with Crippen LogP contribution in [-0.4, -0.2) is 30.5 Å². The van der Waals surface area contributed by atoms with E-state index >= 15 is 0 Å². The Hall–Kier alpha value is -3.08. The quantitative estimate of drug-likeness (QED) is 0.324. The monoisotopic (exact) mass is 313 g/mol. The summed E-state index contributed by atoms with van der Waals surface area (Å²) in [6.45, 7) is 0.848. The molecule has 118 valence electrons. The highest BCUT2D eigenvalue weighted by Crippen LogP contribution is 2.40. The van der Waals surface area contributed by atoms with E-state index in [-0.39, 0.29) is 17.4 Å². The van der Waals surface area contributed by atoms with Crippen LogP contribution in [0.4, 0.5) is 5.69 Å². The number of carbonyl (C=O) groups is 1. The smallest absolute Gasteiger partial charge is 0.201 e. The highest BCUT2D eigenvalue weighted by Gasteiger charge is 2.33. The zero-order valence-corrected chi connectivity index (χ0v) is 12.3. The van der Waals surface area contributed by atoms with Gasteiger partial charge in [-0.1, -0.05) is 0 Å². The molecule has 0 atom stereocenters. The van der Waals surface area contributed by atoms with Crippen molar-refractivity contribution in [2.75, 3.05) is 18.6 Å². The Morgan fingerprint density at radius 1 is 1.35 bits per heavy atom. The number of fused-ring (bicyclic) bond motifs is 1. The molecule has 0 aromatic heterocycles. The van der Waals surface area contributed by atoms with E-state index < -0.39 is 5.84 Å². The average molecular weight is 313 g/mol. The molecule has 0 spiro atoms. The molecule has 1 saturated carbocycles. The highest BCUT2D eigenvalue weighted by molar-refractivity contribution is 6.45. The van der Waals surface area contributed by atoms with Gasteiger partial charge in [-0.25, -0.2) is 0 Å². The number of hydrogen-bond acceptors (Lipinski definition) is 7. The van der Waals surface area contributed by atoms with Gasteiger partial charge in [-0.2, -0.15) is 10.4 Å². The molecule has 0 amide bonds. The minimum absolute atomic E-state index is 0.000932. The van der Waals surface area contributed by atoms with Crippen molar-refractivity contribution in [3.05, 3.63) is 17.7 Å². The summed E-state index contributed by atoms with van der Waals surface area (Å²) >= 11 is 0. The number of nitrogens with two attached hydrogens (primary N) is 1. The fourth-order valence-corrected chi connectivity index (χ4v) is 2.21. The Kier molecular flexibility index (Phi) is 3.85. The summed E-state index contributed by atoms with van der Waals surface area (Å²) in [5.74, 6) is 0.587. The number of nitrogens with zero attached hydrogens (tertiary/aromatic N) is 2. The second-order valence-corrected chi connectivity index (χ2v) is 5.28. The summed E-state index contributed by atoms with van der Waals surface area (Å²) < 4.78 is 11.0. The van der Waals surface area contributed by atoms with Gasteiger partial charge in [0.15, 0.2) is 23.1 Å². The van der Waals surface area contributed by atoms with E-state index in [0.717, 1.165) is 12.8 Å². The summed E-state index contributed by atoms with van der Waals surface area (Å²) in [5, 5.41) is 19.9. The number of ether oxygens (including phenoxy) is 2. The van der Waals surface area contributed by atoms with Crippen molar-refractivity contribution in [2.24, 2.45) is 16.8 Å². The maximum absolute atomic E-state index is 12.4. The van der Waals surface area contributed by atoms with E-state index in [1.165, 1.54) is 0 Å². The molecular formula is C15H15N5O3. The molecular weight excluding hydrogens is 298 g/mol. The molecule has 0 radical (unpaired) electrons. The van der Waals surface area contributed by atoms with Crippen LogP contribution in [-0.2, 0) is 0 Å². The largest absolute Gasteiger partial charge is 0.486 e. The zero-order chi connectivity index (χ0) is 16.4. The second kappa shape index (κ2) is 5.96. The summed E-state index contributed by atoms with van der Waals surface area (Å²) in [4.78, 5) is 12.4. The minimum Gasteiger partial charge on any atom is -0.486 e. The lowest BCUT2D eigenvalue weighted by atomic mass is 10.0. The fraction of sp³-hybridized carbons (Fsp3) is 0.333. The number of anilines is 1. The lowest BCUT2D eigenvalue weighted by Crippen LogP contribution is -2.22. The Morgan fingerprint density at radius 3 is 2.57 bits per heavy atom. The van der Waals surface area contributed by atoms with Crippen LogP contribution < -0.4 is 20.6 Å². The number of hydrazone groups is 1. The Morgan fingerprint density at radius 2 is 2.00 bits per heavy atom. The number of Topliss-reactive ketones (excluding diaryl/α,β-unsaturated/α-hetero) is 1. The SMILES string of the molecule is N#C/C(=N\Nc1cc2c(cc1C(=O)C1CC1)OCCO2)C(=N)N. The van der Waals surface area contributed by atoms with Gasteiger partial charge in [0.2, 0.25) is 5.71 Å². The topological polar surface area (TPSA) is 134 Å². The molecule has 4 N–H and O–H groups in total. The van der Waals surface area contributed by atoms with E-state index in [4.69, 9.17) is 25.9 Å². The van der Waals surface area contributed by atoms with Gasteiger partial charge in [-0.15, -0.1) is 0 Å². The number of benzene rings is 1. The molecule has 3 rings (SSSR count). The number of nitrogens with one attached hydrogen (secondary N) is 2. The van der Waals surface area contributed by atoms with E-state index in [2.05, 4.69) is 10.5 Å². The summed E-state index contributed by atoms with van der Waals surface area (Å²) in [6.07, 6.45) is 1.74. The molecule has 8 heteroatoms. The van der Waals surface area contributed by atoms with Gasteiger partial charge in [0.25, 0.3) is 0 Å². The molecule has 1 aliphatic carbocycles. The van der Waals surface area contributed by atoms with Crippen LogP contribution in [0.5, 0.6) is 11.5 Å². The van der Waals surface area contributed by atoms with E-state index in [9.17, 15) is 4.79 Å². The van der Waals surface area contributed by atoms with Crippen molar-refractivity contribution >= 4 is 23.0 Å². The van der Waals surface area contributed by atoms with Crippen molar-refractivity contribution in [1.82, 2.24) is 0 Å². The van der Waals surface area contributed by atoms with Crippen LogP contribution >= 0.6 is 0 Å². The minimum atomic E-state index is -0.451. The molecule has 0 saturated heterocycles. The lowest BCUT2D eigenvalue weighted by molar-refractivity contribution is 0.0967. The number of carbonyl (C=O) groups excluding carboxylic acids is 1. The van der Waals surface area contributed by atoms with Crippen LogP contribution in [0.3, 0.4) is 0 Å². The Labute approximate surface area is 132 Å². The Bertz CT molecular complexity index is 746. The van der Waals surface area contributed by atoms with Crippen molar-refractivity contribution < 1.29 is 14.3 Å². The first-order valence-corrected chi connectivity index (χ1v) is 7.16. The van der Waals surface area contributed by atoms with Crippen LogP contribution in [0.2, 0.25) is 0 Å². The van der Waals surface area contributed by atoms with Gasteiger partial charge in [0.05, 0.1) is 5.69 Å². The molecule has 2 aliphatic rings. The van der Waals surface area contributed by atoms with Crippen LogP contribution in [0, 0.1) is 22.7 Å². The first kappa shape index (κ1) is 14.8. The third-order valence-corrected chi connectivity index (χ3v) is 3.55. The molecule has 1 fully saturated rings. The molecule has 1 aliphatic heterocycles. The number of ketones is 1. The van der Waals surface area contributed by atoms with Crippen LogP contribution in [0.25, 0.3) is 0 Å². The number of rotatable bonds is 5. The maximum Gasteiger partial charge on any atom is 0.201 e. The van der Waals surface area contributed by atoms with Crippen molar-refractivity contribution in [1.29, 1.82) is 10.7 Å². The molecule has 8 nitrogen and oxygen atoms in total. The summed E-state index contributed by atoms with van der Waals surface area (Å²) in [7, 11) is 0. The summed E-state index contributed by atoms with van der Waals surface area (Å²) in [5.41, 5.74) is 8.48. The van der Waals surface area contributed by atoms with E-state index in [0.29, 0.717) is 36.0 Å². The van der Waals surface area contributed by atoms with Gasteiger partial charge < -0.3 is 15.2 Å². The molecule has 0 bridgehead atoms. The van der Waals surface area contributed by atoms with Crippen LogP contribution in [0.15, 0.2) is 17.2 Å². The highest BCUT2D eigenvalue weighted by atomic mass is 16.6. The van der Waals surface area contributed by atoms with Crippen molar-refractivity contribution in [3.8, 4) is 17.6 Å². The molecule has 0 unspecified atom stereocenters. The second-order valence-electron chi connectivity index (χ2n) is 5.28. The number of nitriles is 1. The Balaban J connectivity index is 1.97. The molecule has 1 heterocycles. The zero-order valence-electron chi connectivity index (χ0n) is 12.3. The van der Waals surface area contributed by atoms with Gasteiger partial charge in [0, 0.05) is 17.5 Å². The number of amidine groups is 1. The van der Waals surface area contributed by atoms with Gasteiger partial charge in [0.1, 0.15) is 19.3 Å². The normalized spacial score (nSPS) is 16.4. The lowest BCUT2D eigenvalue weighted by Gasteiger charge is -2.20. The molecule has 23 heavy (non-hydrogen) atoms. The van der Waals surface area contributed by atoms with E-state index in [1.807, 2.05) is 0 Å². The maximum atomic E-state index is 12.4. The molecule has 1 aromatic rings. The van der Waals surface area contributed by atoms with Crippen LogP contribution in [0.1, 0.15) is 23.2 Å². The first-order chi connectivity index (χ1) is 11.1. The van der Waals surface area contributed by atoms with Gasteiger partial charge in [-0.05, 0) is 18.9 Å². The fourth-order valence-electron chi connectivity index (χ4n) is 2.21. The standard InChI is InChI=1S/C15H15N5O3/c16-7-11(15(17)18)20-19-10-6-13-12(22-3-4-23-13)5-9(10)14(21)8-1-2-8/h5-6,8,19H,1-4H2,(H3,17,18)/b20-11+. The molecule has 1 aromatic carbocycles. The van der Waals surface area contributed by atoms with Crippen molar-refractivity contribution in [3.63, 3.8) is 0 Å².